The van der Waals surface area contributed by atoms with Crippen molar-refractivity contribution in [3.05, 3.63) is 41.1 Å². The molecule has 0 radical (unpaired) electrons. The first-order valence-corrected chi connectivity index (χ1v) is 8.34. The summed E-state index contributed by atoms with van der Waals surface area (Å²) in [5.41, 5.74) is 8.56. The molecule has 0 aromatic heterocycles. The lowest BCUT2D eigenvalue weighted by molar-refractivity contribution is -0.110. The van der Waals surface area contributed by atoms with Crippen molar-refractivity contribution in [2.45, 2.75) is 44.9 Å². The fourth-order valence-electron chi connectivity index (χ4n) is 3.23. The van der Waals surface area contributed by atoms with Crippen molar-refractivity contribution < 1.29 is 9.53 Å². The number of nitrogens with one attached hydrogen (secondary N) is 3. The summed E-state index contributed by atoms with van der Waals surface area (Å²) in [7, 11) is 0. The maximum absolute atomic E-state index is 12.2. The van der Waals surface area contributed by atoms with E-state index in [2.05, 4.69) is 10.6 Å². The van der Waals surface area contributed by atoms with E-state index < -0.39 is 5.91 Å². The van der Waals surface area contributed by atoms with Crippen LogP contribution in [0.1, 0.15) is 38.4 Å². The van der Waals surface area contributed by atoms with Crippen LogP contribution in [0.2, 0.25) is 0 Å². The van der Waals surface area contributed by atoms with E-state index in [4.69, 9.17) is 15.9 Å². The van der Waals surface area contributed by atoms with E-state index in [0.717, 1.165) is 18.5 Å². The number of nitrogens with two attached hydrogens (primary N) is 1. The van der Waals surface area contributed by atoms with E-state index in [1.165, 1.54) is 0 Å². The molecule has 2 aliphatic rings. The van der Waals surface area contributed by atoms with Crippen LogP contribution >= 0.6 is 0 Å². The van der Waals surface area contributed by atoms with Gasteiger partial charge in [0.05, 0.1) is 12.2 Å². The third-order valence-electron chi connectivity index (χ3n) is 4.79. The van der Waals surface area contributed by atoms with E-state index in [1.54, 1.807) is 6.92 Å². The Morgan fingerprint density at radius 2 is 2.12 bits per heavy atom. The lowest BCUT2D eigenvalue weighted by Gasteiger charge is -2.23. The summed E-state index contributed by atoms with van der Waals surface area (Å²) < 4.78 is 5.97. The fourth-order valence-corrected chi connectivity index (χ4v) is 3.23. The number of morpholine rings is 1. The molecule has 1 aromatic rings. The summed E-state index contributed by atoms with van der Waals surface area (Å²) in [6.45, 7) is 4.53. The zero-order valence-corrected chi connectivity index (χ0v) is 14.1. The number of hydrogen-bond donors (Lipinski definition) is 4. The van der Waals surface area contributed by atoms with Gasteiger partial charge in [0.2, 0.25) is 0 Å². The number of rotatable bonds is 5. The van der Waals surface area contributed by atoms with E-state index in [1.807, 2.05) is 31.2 Å². The minimum atomic E-state index is -0.450. The van der Waals surface area contributed by atoms with E-state index in [-0.39, 0.29) is 11.8 Å². The minimum absolute atomic E-state index is 0.0846. The summed E-state index contributed by atoms with van der Waals surface area (Å²) >= 11 is 0. The molecular formula is C18H24N4O2. The summed E-state index contributed by atoms with van der Waals surface area (Å²) in [5.74, 6) is -0.450. The first-order chi connectivity index (χ1) is 11.5. The second-order valence-electron chi connectivity index (χ2n) is 6.38. The highest BCUT2D eigenvalue weighted by molar-refractivity contribution is 6.47. The topological polar surface area (TPSA) is 100 Å². The van der Waals surface area contributed by atoms with Gasteiger partial charge in [-0.25, -0.2) is 0 Å². The average Bonchev–Trinajstić information content (AvgIpc) is 3.23. The smallest absolute Gasteiger partial charge is 0.273 e. The van der Waals surface area contributed by atoms with Crippen molar-refractivity contribution in [2.24, 2.45) is 5.73 Å². The highest BCUT2D eigenvalue weighted by atomic mass is 16.5. The van der Waals surface area contributed by atoms with Crippen LogP contribution < -0.4 is 16.4 Å². The molecule has 2 aliphatic heterocycles. The molecule has 3 atom stereocenters. The van der Waals surface area contributed by atoms with Crippen LogP contribution in [0.15, 0.2) is 35.5 Å². The van der Waals surface area contributed by atoms with Gasteiger partial charge in [0.15, 0.2) is 0 Å². The molecule has 1 aromatic carbocycles. The maximum Gasteiger partial charge on any atom is 0.273 e. The third kappa shape index (κ3) is 3.20. The standard InChI is InChI=1S/C18H24N4O2/c1-3-14(19)10(2)16(20)18(23)22-12-6-4-11(5-7-12)17-15-8-13(24-17)9-21-15/h4-7,13,15,17,20-21H,3,8-9,19H2,1-2H3,(H,22,23)/t13-,15-,17+/m1/s1. The molecule has 6 nitrogen and oxygen atoms in total. The summed E-state index contributed by atoms with van der Waals surface area (Å²) in [6.07, 6.45) is 2.08. The molecule has 0 spiro atoms. The number of ether oxygens (including phenoxy) is 1. The first-order valence-electron chi connectivity index (χ1n) is 8.34. The van der Waals surface area contributed by atoms with Gasteiger partial charge < -0.3 is 21.1 Å². The Hall–Kier alpha value is -2.18. The first kappa shape index (κ1) is 16.7. The number of anilines is 1. The number of carbonyl (C=O) groups excluding carboxylic acids is 1. The molecule has 2 saturated heterocycles. The van der Waals surface area contributed by atoms with Crippen molar-refractivity contribution in [3.63, 3.8) is 0 Å². The SMILES string of the molecule is CCC(N)=C(C)C(=N)C(=O)Nc1ccc([C@@H]2O[C@H]3CN[C@@H]2C3)cc1. The van der Waals surface area contributed by atoms with Crippen molar-refractivity contribution in [1.29, 1.82) is 5.41 Å². The van der Waals surface area contributed by atoms with Crippen molar-refractivity contribution in [1.82, 2.24) is 5.32 Å². The van der Waals surface area contributed by atoms with Crippen LogP contribution in [0.4, 0.5) is 5.69 Å². The molecule has 128 valence electrons. The molecule has 5 N–H and O–H groups in total. The number of allylic oxidation sites excluding steroid dienone is 1. The number of amides is 1. The average molecular weight is 328 g/mol. The zero-order valence-electron chi connectivity index (χ0n) is 14.1. The molecule has 2 fully saturated rings. The Labute approximate surface area is 142 Å². The van der Waals surface area contributed by atoms with Gasteiger partial charge in [-0.15, -0.1) is 0 Å². The summed E-state index contributed by atoms with van der Waals surface area (Å²) in [6, 6.07) is 8.01. The predicted octanol–water partition coefficient (Wildman–Crippen LogP) is 2.09. The van der Waals surface area contributed by atoms with Crippen LogP contribution in [0.25, 0.3) is 0 Å². The Balaban J connectivity index is 1.64. The maximum atomic E-state index is 12.2. The highest BCUT2D eigenvalue weighted by Gasteiger charge is 2.41. The Kier molecular flexibility index (Phi) is 4.69. The van der Waals surface area contributed by atoms with Crippen LogP contribution in [-0.2, 0) is 9.53 Å². The van der Waals surface area contributed by atoms with Crippen LogP contribution in [-0.4, -0.2) is 30.3 Å². The third-order valence-corrected chi connectivity index (χ3v) is 4.79. The second-order valence-corrected chi connectivity index (χ2v) is 6.38. The molecule has 2 heterocycles. The lowest BCUT2D eigenvalue weighted by atomic mass is 10.0. The molecule has 3 rings (SSSR count). The normalized spacial score (nSPS) is 26.2. The largest absolute Gasteiger partial charge is 0.402 e. The van der Waals surface area contributed by atoms with Crippen molar-refractivity contribution >= 4 is 17.3 Å². The van der Waals surface area contributed by atoms with Gasteiger partial charge in [-0.3, -0.25) is 10.2 Å². The molecule has 0 aliphatic carbocycles. The predicted molar refractivity (Wildman–Crippen MR) is 94.0 cm³/mol. The molecule has 0 unspecified atom stereocenters. The van der Waals surface area contributed by atoms with Gasteiger partial charge in [-0.05, 0) is 43.0 Å². The fraction of sp³-hybridized carbons (Fsp3) is 0.444. The Morgan fingerprint density at radius 1 is 1.42 bits per heavy atom. The van der Waals surface area contributed by atoms with E-state index in [9.17, 15) is 4.79 Å². The molecule has 0 saturated carbocycles. The van der Waals surface area contributed by atoms with Gasteiger partial charge in [0.25, 0.3) is 5.91 Å². The summed E-state index contributed by atoms with van der Waals surface area (Å²) in [4.78, 5) is 12.2. The number of benzene rings is 1. The quantitative estimate of drug-likeness (QED) is 0.622. The number of fused-ring (bicyclic) bond motifs is 2. The Bertz CT molecular complexity index is 681. The minimum Gasteiger partial charge on any atom is -0.402 e. The van der Waals surface area contributed by atoms with Gasteiger partial charge >= 0.3 is 0 Å². The van der Waals surface area contributed by atoms with Crippen molar-refractivity contribution in [2.75, 3.05) is 11.9 Å². The summed E-state index contributed by atoms with van der Waals surface area (Å²) in [5, 5.41) is 14.1. The van der Waals surface area contributed by atoms with Crippen molar-refractivity contribution in [3.8, 4) is 0 Å². The highest BCUT2D eigenvalue weighted by Crippen LogP contribution is 2.37. The Morgan fingerprint density at radius 3 is 2.67 bits per heavy atom. The van der Waals surface area contributed by atoms with Crippen LogP contribution in [0.5, 0.6) is 0 Å². The van der Waals surface area contributed by atoms with Gasteiger partial charge in [0.1, 0.15) is 5.71 Å². The molecular weight excluding hydrogens is 304 g/mol. The van der Waals surface area contributed by atoms with E-state index in [0.29, 0.717) is 35.5 Å². The lowest BCUT2D eigenvalue weighted by Crippen LogP contribution is -2.34. The second kappa shape index (κ2) is 6.75. The van der Waals surface area contributed by atoms with Gasteiger partial charge in [-0.2, -0.15) is 0 Å². The van der Waals surface area contributed by atoms with Crippen LogP contribution in [0, 0.1) is 5.41 Å². The molecule has 6 heteroatoms. The van der Waals surface area contributed by atoms with E-state index >= 15 is 0 Å². The van der Waals surface area contributed by atoms with Gasteiger partial charge in [-0.1, -0.05) is 19.1 Å². The molecule has 24 heavy (non-hydrogen) atoms. The molecule has 2 bridgehead atoms. The monoisotopic (exact) mass is 328 g/mol. The molecule has 1 amide bonds. The number of carbonyl (C=O) groups is 1. The zero-order chi connectivity index (χ0) is 17.3. The van der Waals surface area contributed by atoms with Gasteiger partial charge in [0, 0.05) is 24.0 Å². The van der Waals surface area contributed by atoms with Crippen LogP contribution in [0.3, 0.4) is 0 Å². The number of hydrogen-bond acceptors (Lipinski definition) is 5.